The van der Waals surface area contributed by atoms with E-state index in [1.54, 1.807) is 60.7 Å². The highest BCUT2D eigenvalue weighted by molar-refractivity contribution is 6.31. The summed E-state index contributed by atoms with van der Waals surface area (Å²) in [6.07, 6.45) is 4.81. The Balaban J connectivity index is 1.45. The summed E-state index contributed by atoms with van der Waals surface area (Å²) >= 11 is 11.8. The van der Waals surface area contributed by atoms with Crippen LogP contribution in [0, 0.1) is 0 Å². The molecule has 0 spiro atoms. The van der Waals surface area contributed by atoms with Gasteiger partial charge < -0.3 is 4.74 Å². The Kier molecular flexibility index (Phi) is 5.56. The van der Waals surface area contributed by atoms with Crippen LogP contribution in [-0.4, -0.2) is 15.8 Å². The van der Waals surface area contributed by atoms with Gasteiger partial charge in [0.05, 0.1) is 17.2 Å². The molecule has 0 bridgehead atoms. The molecule has 0 aliphatic carbocycles. The maximum atomic E-state index is 12.3. The maximum absolute atomic E-state index is 12.3. The minimum absolute atomic E-state index is 0.103. The van der Waals surface area contributed by atoms with Crippen LogP contribution in [0.3, 0.4) is 0 Å². The van der Waals surface area contributed by atoms with E-state index in [1.165, 1.54) is 12.3 Å². The first-order chi connectivity index (χ1) is 14.1. The van der Waals surface area contributed by atoms with E-state index in [0.29, 0.717) is 38.3 Å². The van der Waals surface area contributed by atoms with Crippen molar-refractivity contribution in [2.75, 3.05) is 0 Å². The second-order valence-electron chi connectivity index (χ2n) is 6.22. The number of aromatic nitrogens is 2. The van der Waals surface area contributed by atoms with Crippen molar-refractivity contribution in [1.29, 1.82) is 0 Å². The van der Waals surface area contributed by atoms with Gasteiger partial charge in [-0.3, -0.25) is 4.79 Å². The molecule has 0 atom stereocenters. The number of halogens is 2. The first kappa shape index (κ1) is 19.1. The van der Waals surface area contributed by atoms with E-state index in [9.17, 15) is 4.79 Å². The predicted octanol–water partition coefficient (Wildman–Crippen LogP) is 6.63. The van der Waals surface area contributed by atoms with Crippen LogP contribution in [0.2, 0.25) is 10.0 Å². The van der Waals surface area contributed by atoms with Crippen molar-refractivity contribution >= 4 is 46.1 Å². The summed E-state index contributed by atoms with van der Waals surface area (Å²) in [5.41, 5.74) is 2.84. The van der Waals surface area contributed by atoms with Crippen LogP contribution in [0.4, 0.5) is 0 Å². The fourth-order valence-corrected chi connectivity index (χ4v) is 2.96. The van der Waals surface area contributed by atoms with Crippen LogP contribution < -0.4 is 4.74 Å². The van der Waals surface area contributed by atoms with Crippen molar-refractivity contribution in [3.63, 3.8) is 0 Å². The minimum atomic E-state index is -0.103. The summed E-state index contributed by atoms with van der Waals surface area (Å²) in [5, 5.41) is 1.26. The monoisotopic (exact) mass is 420 g/mol. The van der Waals surface area contributed by atoms with Gasteiger partial charge in [0.15, 0.2) is 5.78 Å². The molecular formula is C23H14Cl2N2O2. The predicted molar refractivity (Wildman–Crippen MR) is 116 cm³/mol. The number of fused-ring (bicyclic) bond motifs is 1. The van der Waals surface area contributed by atoms with Crippen molar-refractivity contribution in [2.24, 2.45) is 0 Å². The molecule has 0 amide bonds. The number of allylic oxidation sites excluding steroid dienone is 1. The summed E-state index contributed by atoms with van der Waals surface area (Å²) in [7, 11) is 0. The van der Waals surface area contributed by atoms with Crippen molar-refractivity contribution in [3.05, 3.63) is 100 Å². The van der Waals surface area contributed by atoms with Crippen LogP contribution in [-0.2, 0) is 0 Å². The first-order valence-electron chi connectivity index (χ1n) is 8.75. The zero-order valence-corrected chi connectivity index (χ0v) is 16.6. The van der Waals surface area contributed by atoms with Crippen molar-refractivity contribution in [1.82, 2.24) is 9.97 Å². The lowest BCUT2D eigenvalue weighted by Gasteiger charge is -2.06. The Labute approximate surface area is 177 Å². The lowest BCUT2D eigenvalue weighted by atomic mass is 10.1. The SMILES string of the molecule is O=C(/C=C/c1ccc(Cl)cc1)c1ccc(Oc2cnc3cc(Cl)ccc3n2)cc1. The third-order valence-electron chi connectivity index (χ3n) is 4.14. The molecule has 0 saturated heterocycles. The van der Waals surface area contributed by atoms with Gasteiger partial charge in [0.2, 0.25) is 5.88 Å². The fourth-order valence-electron chi connectivity index (χ4n) is 2.67. The highest BCUT2D eigenvalue weighted by Crippen LogP contribution is 2.23. The second kappa shape index (κ2) is 8.43. The van der Waals surface area contributed by atoms with E-state index in [-0.39, 0.29) is 5.78 Å². The van der Waals surface area contributed by atoms with Crippen LogP contribution in [0.5, 0.6) is 11.6 Å². The third-order valence-corrected chi connectivity index (χ3v) is 4.63. The summed E-state index contributed by atoms with van der Waals surface area (Å²) in [6, 6.07) is 19.4. The molecule has 0 N–H and O–H groups in total. The van der Waals surface area contributed by atoms with E-state index >= 15 is 0 Å². The molecule has 29 heavy (non-hydrogen) atoms. The minimum Gasteiger partial charge on any atom is -0.437 e. The number of nitrogens with zero attached hydrogens (tertiary/aromatic N) is 2. The Hall–Kier alpha value is -3.21. The first-order valence-corrected chi connectivity index (χ1v) is 9.51. The Bertz CT molecular complexity index is 1200. The van der Waals surface area contributed by atoms with Crippen molar-refractivity contribution in [2.45, 2.75) is 0 Å². The smallest absolute Gasteiger partial charge is 0.238 e. The lowest BCUT2D eigenvalue weighted by molar-refractivity contribution is 0.104. The van der Waals surface area contributed by atoms with Gasteiger partial charge in [-0.25, -0.2) is 9.97 Å². The Morgan fingerprint density at radius 2 is 1.59 bits per heavy atom. The topological polar surface area (TPSA) is 52.1 Å². The number of rotatable bonds is 5. The summed E-state index contributed by atoms with van der Waals surface area (Å²) in [4.78, 5) is 21.0. The van der Waals surface area contributed by atoms with Gasteiger partial charge in [-0.1, -0.05) is 41.4 Å². The van der Waals surface area contributed by atoms with Crippen molar-refractivity contribution < 1.29 is 9.53 Å². The van der Waals surface area contributed by atoms with Gasteiger partial charge in [-0.15, -0.1) is 0 Å². The highest BCUT2D eigenvalue weighted by Gasteiger charge is 2.06. The quantitative estimate of drug-likeness (QED) is 0.268. The van der Waals surface area contributed by atoms with Crippen LogP contribution in [0.25, 0.3) is 17.1 Å². The average Bonchev–Trinajstić information content (AvgIpc) is 2.74. The molecule has 1 aromatic heterocycles. The van der Waals surface area contributed by atoms with Gasteiger partial charge in [0.25, 0.3) is 0 Å². The Morgan fingerprint density at radius 3 is 2.34 bits per heavy atom. The van der Waals surface area contributed by atoms with Gasteiger partial charge >= 0.3 is 0 Å². The fraction of sp³-hybridized carbons (Fsp3) is 0. The van der Waals surface area contributed by atoms with Crippen LogP contribution in [0.1, 0.15) is 15.9 Å². The average molecular weight is 421 g/mol. The van der Waals surface area contributed by atoms with E-state index in [2.05, 4.69) is 9.97 Å². The van der Waals surface area contributed by atoms with Gasteiger partial charge in [0, 0.05) is 15.6 Å². The van der Waals surface area contributed by atoms with Gasteiger partial charge in [-0.05, 0) is 66.2 Å². The molecule has 0 radical (unpaired) electrons. The number of carbonyl (C=O) groups excluding carboxylic acids is 1. The number of ether oxygens (including phenoxy) is 1. The van der Waals surface area contributed by atoms with E-state index in [4.69, 9.17) is 27.9 Å². The molecule has 0 aliphatic rings. The number of hydrogen-bond donors (Lipinski definition) is 0. The third kappa shape index (κ3) is 4.80. The van der Waals surface area contributed by atoms with Gasteiger partial charge in [-0.2, -0.15) is 0 Å². The molecule has 0 saturated carbocycles. The van der Waals surface area contributed by atoms with E-state index in [0.717, 1.165) is 5.56 Å². The molecule has 142 valence electrons. The van der Waals surface area contributed by atoms with E-state index in [1.807, 2.05) is 12.1 Å². The molecule has 6 heteroatoms. The lowest BCUT2D eigenvalue weighted by Crippen LogP contribution is -1.95. The summed E-state index contributed by atoms with van der Waals surface area (Å²) < 4.78 is 5.74. The number of carbonyl (C=O) groups is 1. The van der Waals surface area contributed by atoms with Gasteiger partial charge in [0.1, 0.15) is 5.75 Å². The largest absolute Gasteiger partial charge is 0.437 e. The van der Waals surface area contributed by atoms with Crippen LogP contribution >= 0.6 is 23.2 Å². The number of benzene rings is 3. The summed E-state index contributed by atoms with van der Waals surface area (Å²) in [6.45, 7) is 0. The van der Waals surface area contributed by atoms with Crippen molar-refractivity contribution in [3.8, 4) is 11.6 Å². The molecule has 4 rings (SSSR count). The number of hydrogen-bond acceptors (Lipinski definition) is 4. The van der Waals surface area contributed by atoms with Crippen LogP contribution in [0.15, 0.2) is 79.0 Å². The molecule has 4 nitrogen and oxygen atoms in total. The molecule has 1 heterocycles. The molecule has 4 aromatic rings. The maximum Gasteiger partial charge on any atom is 0.238 e. The zero-order chi connectivity index (χ0) is 20.2. The standard InChI is InChI=1S/C23H14Cl2N2O2/c24-17-6-1-15(2-7-17)3-12-22(28)16-4-9-19(10-5-16)29-23-14-26-21-13-18(25)8-11-20(21)27-23/h1-14H/b12-3+. The highest BCUT2D eigenvalue weighted by atomic mass is 35.5. The molecule has 3 aromatic carbocycles. The number of ketones is 1. The molecule has 0 fully saturated rings. The normalized spacial score (nSPS) is 11.1. The molecule has 0 aliphatic heterocycles. The second-order valence-corrected chi connectivity index (χ2v) is 7.09. The van der Waals surface area contributed by atoms with E-state index < -0.39 is 0 Å². The molecule has 0 unspecified atom stereocenters. The molecular weight excluding hydrogens is 407 g/mol. The Morgan fingerprint density at radius 1 is 0.862 bits per heavy atom. The zero-order valence-electron chi connectivity index (χ0n) is 15.0. The summed E-state index contributed by atoms with van der Waals surface area (Å²) in [5.74, 6) is 0.821.